The molecule has 0 saturated carbocycles. The summed E-state index contributed by atoms with van der Waals surface area (Å²) < 4.78 is 27.8. The number of amides is 1. The topological polar surface area (TPSA) is 90.3 Å². The largest absolute Gasteiger partial charge is 0.351 e. The van der Waals surface area contributed by atoms with E-state index in [4.69, 9.17) is 5.26 Å². The average molecular weight is 472 g/mol. The minimum Gasteiger partial charge on any atom is -0.351 e. The van der Waals surface area contributed by atoms with E-state index >= 15 is 0 Å². The SMILES string of the molecule is CC1CC(C)CN(S(=O)(=O)c2cccc(C(=O)NCCSCc3ccccc3C#N)c2)C1. The fraction of sp³-hybridized carbons (Fsp3) is 0.417. The van der Waals surface area contributed by atoms with Crippen LogP contribution in [0, 0.1) is 23.2 Å². The van der Waals surface area contributed by atoms with Crippen molar-refractivity contribution in [3.8, 4) is 6.07 Å². The normalized spacial score (nSPS) is 19.3. The Hall–Kier alpha value is -2.34. The molecule has 0 aromatic heterocycles. The number of thioether (sulfide) groups is 1. The minimum atomic E-state index is -3.63. The summed E-state index contributed by atoms with van der Waals surface area (Å²) in [5, 5.41) is 12.0. The summed E-state index contributed by atoms with van der Waals surface area (Å²) >= 11 is 1.63. The van der Waals surface area contributed by atoms with Gasteiger partial charge >= 0.3 is 0 Å². The number of sulfonamides is 1. The van der Waals surface area contributed by atoms with Gasteiger partial charge in [-0.05, 0) is 48.1 Å². The molecule has 1 fully saturated rings. The maximum atomic E-state index is 13.1. The molecule has 32 heavy (non-hydrogen) atoms. The highest BCUT2D eigenvalue weighted by atomic mass is 32.2. The number of hydrogen-bond donors (Lipinski definition) is 1. The standard InChI is InChI=1S/C24H29N3O3S2/c1-18-12-19(2)16-27(15-18)32(29,30)23-9-5-8-20(13-23)24(28)26-10-11-31-17-22-7-4-3-6-21(22)14-25/h3-9,13,18-19H,10-12,15-17H2,1-2H3,(H,26,28). The molecule has 0 aliphatic carbocycles. The first-order valence-electron chi connectivity index (χ1n) is 10.8. The molecule has 0 radical (unpaired) electrons. The van der Waals surface area contributed by atoms with Crippen molar-refractivity contribution in [3.63, 3.8) is 0 Å². The van der Waals surface area contributed by atoms with Crippen LogP contribution in [0.2, 0.25) is 0 Å². The molecule has 1 N–H and O–H groups in total. The predicted octanol–water partition coefficient (Wildman–Crippen LogP) is 3.89. The molecule has 1 aliphatic rings. The molecule has 1 saturated heterocycles. The number of piperidine rings is 1. The average Bonchev–Trinajstić information content (AvgIpc) is 2.78. The zero-order chi connectivity index (χ0) is 23.1. The van der Waals surface area contributed by atoms with Crippen molar-refractivity contribution < 1.29 is 13.2 Å². The van der Waals surface area contributed by atoms with Crippen molar-refractivity contribution in [1.82, 2.24) is 9.62 Å². The van der Waals surface area contributed by atoms with Crippen LogP contribution in [0.1, 0.15) is 41.8 Å². The second-order valence-electron chi connectivity index (χ2n) is 8.37. The van der Waals surface area contributed by atoms with Crippen LogP contribution >= 0.6 is 11.8 Å². The van der Waals surface area contributed by atoms with Gasteiger partial charge in [0.25, 0.3) is 5.91 Å². The predicted molar refractivity (Wildman–Crippen MR) is 128 cm³/mol. The fourth-order valence-electron chi connectivity index (χ4n) is 4.03. The van der Waals surface area contributed by atoms with Crippen molar-refractivity contribution >= 4 is 27.7 Å². The van der Waals surface area contributed by atoms with E-state index in [9.17, 15) is 13.2 Å². The Kier molecular flexibility index (Phi) is 8.35. The lowest BCUT2D eigenvalue weighted by molar-refractivity contribution is 0.0956. The third kappa shape index (κ3) is 6.12. The van der Waals surface area contributed by atoms with Crippen LogP contribution in [-0.4, -0.2) is 44.0 Å². The highest BCUT2D eigenvalue weighted by Crippen LogP contribution is 2.27. The molecule has 6 nitrogen and oxygen atoms in total. The Morgan fingerprint density at radius 2 is 1.88 bits per heavy atom. The first kappa shape index (κ1) is 24.3. The van der Waals surface area contributed by atoms with E-state index in [1.165, 1.54) is 6.07 Å². The molecular formula is C24H29N3O3S2. The number of benzene rings is 2. The van der Waals surface area contributed by atoms with E-state index in [0.29, 0.717) is 54.1 Å². The van der Waals surface area contributed by atoms with E-state index in [2.05, 4.69) is 25.2 Å². The number of carbonyl (C=O) groups is 1. The van der Waals surface area contributed by atoms with Gasteiger partial charge in [0.2, 0.25) is 10.0 Å². The fourth-order valence-corrected chi connectivity index (χ4v) is 6.61. The van der Waals surface area contributed by atoms with Crippen LogP contribution in [0.15, 0.2) is 53.4 Å². The molecule has 1 aliphatic heterocycles. The van der Waals surface area contributed by atoms with Crippen molar-refractivity contribution in [2.45, 2.75) is 30.9 Å². The van der Waals surface area contributed by atoms with Crippen LogP contribution in [0.3, 0.4) is 0 Å². The van der Waals surface area contributed by atoms with Crippen LogP contribution < -0.4 is 5.32 Å². The van der Waals surface area contributed by atoms with E-state index in [1.54, 1.807) is 40.3 Å². The molecule has 2 aromatic carbocycles. The van der Waals surface area contributed by atoms with Crippen LogP contribution in [-0.2, 0) is 15.8 Å². The van der Waals surface area contributed by atoms with Crippen molar-refractivity contribution in [2.75, 3.05) is 25.4 Å². The number of nitrogens with zero attached hydrogens (tertiary/aromatic N) is 2. The molecule has 1 amide bonds. The summed E-state index contributed by atoms with van der Waals surface area (Å²) in [6, 6.07) is 15.9. The lowest BCUT2D eigenvalue weighted by atomic mass is 9.94. The van der Waals surface area contributed by atoms with Crippen molar-refractivity contribution in [1.29, 1.82) is 5.26 Å². The van der Waals surface area contributed by atoms with Gasteiger partial charge in [0.1, 0.15) is 0 Å². The Bertz CT molecular complexity index is 1090. The van der Waals surface area contributed by atoms with Gasteiger partial charge in [0.15, 0.2) is 0 Å². The van der Waals surface area contributed by atoms with Crippen LogP contribution in [0.5, 0.6) is 0 Å². The first-order chi connectivity index (χ1) is 15.3. The highest BCUT2D eigenvalue weighted by Gasteiger charge is 2.31. The number of carbonyl (C=O) groups excluding carboxylic acids is 1. The molecule has 2 aromatic rings. The highest BCUT2D eigenvalue weighted by molar-refractivity contribution is 7.98. The van der Waals surface area contributed by atoms with Crippen molar-refractivity contribution in [2.24, 2.45) is 11.8 Å². The summed E-state index contributed by atoms with van der Waals surface area (Å²) in [4.78, 5) is 12.7. The Balaban J connectivity index is 1.55. The molecule has 0 spiro atoms. The number of rotatable bonds is 8. The van der Waals surface area contributed by atoms with E-state index in [-0.39, 0.29) is 10.8 Å². The Morgan fingerprint density at radius 3 is 2.59 bits per heavy atom. The van der Waals surface area contributed by atoms with Crippen LogP contribution in [0.25, 0.3) is 0 Å². The lowest BCUT2D eigenvalue weighted by Gasteiger charge is -2.34. The molecular weight excluding hydrogens is 442 g/mol. The van der Waals surface area contributed by atoms with Gasteiger partial charge in [-0.3, -0.25) is 4.79 Å². The minimum absolute atomic E-state index is 0.161. The summed E-state index contributed by atoms with van der Waals surface area (Å²) in [7, 11) is -3.63. The quantitative estimate of drug-likeness (QED) is 0.590. The first-order valence-corrected chi connectivity index (χ1v) is 13.3. The van der Waals surface area contributed by atoms with Gasteiger partial charge in [-0.1, -0.05) is 38.1 Å². The Morgan fingerprint density at radius 1 is 1.16 bits per heavy atom. The monoisotopic (exact) mass is 471 g/mol. The Labute approximate surface area is 195 Å². The zero-order valence-electron chi connectivity index (χ0n) is 18.5. The smallest absolute Gasteiger partial charge is 0.251 e. The van der Waals surface area contributed by atoms with Gasteiger partial charge in [-0.2, -0.15) is 21.3 Å². The zero-order valence-corrected chi connectivity index (χ0v) is 20.1. The third-order valence-corrected chi connectivity index (χ3v) is 8.33. The van der Waals surface area contributed by atoms with E-state index in [1.807, 2.05) is 18.2 Å². The molecule has 3 rings (SSSR count). The second-order valence-corrected chi connectivity index (χ2v) is 11.4. The van der Waals surface area contributed by atoms with Crippen molar-refractivity contribution in [3.05, 3.63) is 65.2 Å². The second kappa shape index (κ2) is 11.0. The third-order valence-electron chi connectivity index (χ3n) is 5.50. The molecule has 2 atom stereocenters. The summed E-state index contributed by atoms with van der Waals surface area (Å²) in [6.07, 6.45) is 1.02. The molecule has 0 bridgehead atoms. The summed E-state index contributed by atoms with van der Waals surface area (Å²) in [5.41, 5.74) is 1.98. The van der Waals surface area contributed by atoms with Gasteiger partial charge in [-0.25, -0.2) is 8.42 Å². The maximum absolute atomic E-state index is 13.1. The lowest BCUT2D eigenvalue weighted by Crippen LogP contribution is -2.42. The van der Waals surface area contributed by atoms with Gasteiger partial charge in [-0.15, -0.1) is 0 Å². The van der Waals surface area contributed by atoms with E-state index in [0.717, 1.165) is 12.0 Å². The van der Waals surface area contributed by atoms with Gasteiger partial charge < -0.3 is 5.32 Å². The molecule has 170 valence electrons. The number of hydrogen-bond acceptors (Lipinski definition) is 5. The maximum Gasteiger partial charge on any atom is 0.251 e. The van der Waals surface area contributed by atoms with Crippen LogP contribution in [0.4, 0.5) is 0 Å². The number of nitriles is 1. The molecule has 2 unspecified atom stereocenters. The number of nitrogens with one attached hydrogen (secondary N) is 1. The van der Waals surface area contributed by atoms with Gasteiger partial charge in [0, 0.05) is 36.7 Å². The van der Waals surface area contributed by atoms with Gasteiger partial charge in [0.05, 0.1) is 16.5 Å². The molecule has 8 heteroatoms. The summed E-state index contributed by atoms with van der Waals surface area (Å²) in [5.74, 6) is 1.73. The van der Waals surface area contributed by atoms with E-state index < -0.39 is 10.0 Å². The molecule has 1 heterocycles. The summed E-state index contributed by atoms with van der Waals surface area (Å²) in [6.45, 7) is 5.61.